The second-order valence-corrected chi connectivity index (χ2v) is 6.62. The van der Waals surface area contributed by atoms with E-state index in [1.54, 1.807) is 25.2 Å². The Bertz CT molecular complexity index is 1020. The first-order valence-corrected chi connectivity index (χ1v) is 8.84. The summed E-state index contributed by atoms with van der Waals surface area (Å²) >= 11 is 6.00. The Labute approximate surface area is 166 Å². The quantitative estimate of drug-likeness (QED) is 0.709. The third kappa shape index (κ3) is 4.04. The van der Waals surface area contributed by atoms with Crippen molar-refractivity contribution in [1.82, 2.24) is 14.7 Å². The van der Waals surface area contributed by atoms with Crippen LogP contribution >= 0.6 is 11.6 Å². The van der Waals surface area contributed by atoms with Crippen molar-refractivity contribution in [3.05, 3.63) is 82.3 Å². The van der Waals surface area contributed by atoms with Crippen LogP contribution in [0.25, 0.3) is 0 Å². The molecule has 0 saturated carbocycles. The zero-order valence-corrected chi connectivity index (χ0v) is 16.1. The van der Waals surface area contributed by atoms with Crippen molar-refractivity contribution in [3.8, 4) is 0 Å². The van der Waals surface area contributed by atoms with Crippen molar-refractivity contribution in [2.24, 2.45) is 7.05 Å². The Balaban J connectivity index is 1.80. The predicted molar refractivity (Wildman–Crippen MR) is 105 cm³/mol. The minimum Gasteiger partial charge on any atom is -0.336 e. The van der Waals surface area contributed by atoms with E-state index in [0.29, 0.717) is 6.54 Å². The highest BCUT2D eigenvalue weighted by atomic mass is 35.5. The fourth-order valence-electron chi connectivity index (χ4n) is 2.70. The van der Waals surface area contributed by atoms with Crippen molar-refractivity contribution in [3.63, 3.8) is 0 Å². The molecule has 0 aliphatic heterocycles. The summed E-state index contributed by atoms with van der Waals surface area (Å²) in [6.45, 7) is 0.303. The molecule has 0 radical (unpaired) electrons. The lowest BCUT2D eigenvalue weighted by Gasteiger charge is -2.15. The summed E-state index contributed by atoms with van der Waals surface area (Å²) in [6.07, 6.45) is 0. The highest BCUT2D eigenvalue weighted by Gasteiger charge is 2.26. The topological polar surface area (TPSA) is 67.2 Å². The van der Waals surface area contributed by atoms with Gasteiger partial charge in [-0.05, 0) is 17.7 Å². The number of halogens is 2. The van der Waals surface area contributed by atoms with Crippen LogP contribution in [0.1, 0.15) is 26.4 Å². The molecule has 0 spiro atoms. The van der Waals surface area contributed by atoms with Crippen molar-refractivity contribution < 1.29 is 14.0 Å². The molecule has 1 aromatic heterocycles. The lowest BCUT2D eigenvalue weighted by molar-refractivity contribution is 0.0773. The summed E-state index contributed by atoms with van der Waals surface area (Å²) in [6, 6.07) is 15.7. The molecule has 3 aromatic rings. The molecule has 0 aliphatic rings. The number of amides is 2. The van der Waals surface area contributed by atoms with Gasteiger partial charge in [0.05, 0.1) is 10.6 Å². The number of anilines is 1. The molecule has 3 rings (SSSR count). The molecular formula is C20H18ClFN4O2. The highest BCUT2D eigenvalue weighted by molar-refractivity contribution is 6.34. The maximum Gasteiger partial charge on any atom is 0.277 e. The molecular weight excluding hydrogens is 383 g/mol. The molecule has 0 atom stereocenters. The fourth-order valence-corrected chi connectivity index (χ4v) is 2.92. The molecule has 1 N–H and O–H groups in total. The van der Waals surface area contributed by atoms with Gasteiger partial charge in [0.25, 0.3) is 11.8 Å². The van der Waals surface area contributed by atoms with Gasteiger partial charge in [-0.1, -0.05) is 54.1 Å². The van der Waals surface area contributed by atoms with Crippen LogP contribution in [-0.2, 0) is 13.6 Å². The molecule has 8 heteroatoms. The van der Waals surface area contributed by atoms with E-state index in [1.165, 1.54) is 18.0 Å². The SMILES string of the molecule is CN(Cc1ccccc1)C(=O)c1nn(C)c(NC(=O)c2ccccc2Cl)c1F. The number of nitrogens with one attached hydrogen (secondary N) is 1. The van der Waals surface area contributed by atoms with E-state index in [4.69, 9.17) is 11.6 Å². The van der Waals surface area contributed by atoms with Gasteiger partial charge in [-0.3, -0.25) is 9.59 Å². The van der Waals surface area contributed by atoms with Gasteiger partial charge < -0.3 is 10.2 Å². The third-order valence-electron chi connectivity index (χ3n) is 4.15. The first-order chi connectivity index (χ1) is 13.4. The average Bonchev–Trinajstić information content (AvgIpc) is 2.96. The summed E-state index contributed by atoms with van der Waals surface area (Å²) in [5.74, 6) is -2.28. The maximum atomic E-state index is 14.8. The number of hydrogen-bond donors (Lipinski definition) is 1. The van der Waals surface area contributed by atoms with Crippen molar-refractivity contribution >= 4 is 29.2 Å². The van der Waals surface area contributed by atoms with Gasteiger partial charge in [-0.2, -0.15) is 5.10 Å². The van der Waals surface area contributed by atoms with Gasteiger partial charge in [-0.15, -0.1) is 0 Å². The lowest BCUT2D eigenvalue weighted by Crippen LogP contribution is -2.27. The Morgan fingerprint density at radius 1 is 1.14 bits per heavy atom. The van der Waals surface area contributed by atoms with E-state index in [1.807, 2.05) is 30.3 Å². The summed E-state index contributed by atoms with van der Waals surface area (Å²) in [7, 11) is 3.00. The van der Waals surface area contributed by atoms with E-state index < -0.39 is 17.6 Å². The van der Waals surface area contributed by atoms with Gasteiger partial charge in [0.1, 0.15) is 0 Å². The average molecular weight is 401 g/mol. The third-order valence-corrected chi connectivity index (χ3v) is 4.48. The maximum absolute atomic E-state index is 14.8. The van der Waals surface area contributed by atoms with E-state index in [-0.39, 0.29) is 22.1 Å². The second kappa shape index (κ2) is 8.22. The number of hydrogen-bond acceptors (Lipinski definition) is 3. The van der Waals surface area contributed by atoms with Gasteiger partial charge in [0, 0.05) is 20.6 Å². The van der Waals surface area contributed by atoms with Crippen LogP contribution in [0.5, 0.6) is 0 Å². The van der Waals surface area contributed by atoms with E-state index in [2.05, 4.69) is 10.4 Å². The molecule has 28 heavy (non-hydrogen) atoms. The molecule has 2 aromatic carbocycles. The van der Waals surface area contributed by atoms with Crippen LogP contribution in [0.2, 0.25) is 5.02 Å². The van der Waals surface area contributed by atoms with Gasteiger partial charge in [0.2, 0.25) is 0 Å². The van der Waals surface area contributed by atoms with Crippen LogP contribution in [-0.4, -0.2) is 33.5 Å². The zero-order chi connectivity index (χ0) is 20.3. The zero-order valence-electron chi connectivity index (χ0n) is 15.3. The molecule has 1 heterocycles. The van der Waals surface area contributed by atoms with Crippen LogP contribution in [0.15, 0.2) is 54.6 Å². The number of aryl methyl sites for hydroxylation is 1. The Hall–Kier alpha value is -3.19. The van der Waals surface area contributed by atoms with Crippen LogP contribution in [0, 0.1) is 5.82 Å². The van der Waals surface area contributed by atoms with E-state index >= 15 is 0 Å². The molecule has 0 saturated heterocycles. The normalized spacial score (nSPS) is 10.6. The molecule has 6 nitrogen and oxygen atoms in total. The molecule has 0 bridgehead atoms. The van der Waals surface area contributed by atoms with Crippen molar-refractivity contribution in [1.29, 1.82) is 0 Å². The fraction of sp³-hybridized carbons (Fsp3) is 0.150. The minimum atomic E-state index is -0.896. The first kappa shape index (κ1) is 19.6. The van der Waals surface area contributed by atoms with Gasteiger partial charge in [0.15, 0.2) is 17.3 Å². The Morgan fingerprint density at radius 2 is 1.79 bits per heavy atom. The number of benzene rings is 2. The lowest BCUT2D eigenvalue weighted by atomic mass is 10.2. The number of carbonyl (C=O) groups excluding carboxylic acids is 2. The molecule has 0 fully saturated rings. The standard InChI is InChI=1S/C20H18ClFN4O2/c1-25(12-13-8-4-3-5-9-13)20(28)17-16(22)18(26(2)24-17)23-19(27)14-10-6-7-11-15(14)21/h3-11H,12H2,1-2H3,(H,23,27). The van der Waals surface area contributed by atoms with Crippen molar-refractivity contribution in [2.45, 2.75) is 6.54 Å². The number of rotatable bonds is 5. The summed E-state index contributed by atoms with van der Waals surface area (Å²) in [4.78, 5) is 26.4. The van der Waals surface area contributed by atoms with Gasteiger partial charge >= 0.3 is 0 Å². The second-order valence-electron chi connectivity index (χ2n) is 6.22. The molecule has 0 aliphatic carbocycles. The van der Waals surface area contributed by atoms with Crippen LogP contribution < -0.4 is 5.32 Å². The Morgan fingerprint density at radius 3 is 2.46 bits per heavy atom. The smallest absolute Gasteiger partial charge is 0.277 e. The number of nitrogens with zero attached hydrogens (tertiary/aromatic N) is 3. The highest BCUT2D eigenvalue weighted by Crippen LogP contribution is 2.22. The number of carbonyl (C=O) groups is 2. The van der Waals surface area contributed by atoms with E-state index in [9.17, 15) is 14.0 Å². The minimum absolute atomic E-state index is 0.193. The van der Waals surface area contributed by atoms with E-state index in [0.717, 1.165) is 10.2 Å². The Kier molecular flexibility index (Phi) is 5.75. The molecule has 2 amide bonds. The summed E-state index contributed by atoms with van der Waals surface area (Å²) in [5.41, 5.74) is 0.733. The predicted octanol–water partition coefficient (Wildman–Crippen LogP) is 3.74. The molecule has 144 valence electrons. The van der Waals surface area contributed by atoms with Gasteiger partial charge in [-0.25, -0.2) is 9.07 Å². The first-order valence-electron chi connectivity index (χ1n) is 8.46. The van der Waals surface area contributed by atoms with Crippen LogP contribution in [0.3, 0.4) is 0 Å². The molecule has 0 unspecified atom stereocenters. The largest absolute Gasteiger partial charge is 0.336 e. The monoisotopic (exact) mass is 400 g/mol. The summed E-state index contributed by atoms with van der Waals surface area (Å²) in [5, 5.41) is 6.61. The summed E-state index contributed by atoms with van der Waals surface area (Å²) < 4.78 is 16.0. The van der Waals surface area contributed by atoms with Crippen molar-refractivity contribution in [2.75, 3.05) is 12.4 Å². The number of aromatic nitrogens is 2. The van der Waals surface area contributed by atoms with Crippen LogP contribution in [0.4, 0.5) is 10.2 Å².